The average Bonchev–Trinajstić information content (AvgIpc) is 2.95. The van der Waals surface area contributed by atoms with Gasteiger partial charge in [0.2, 0.25) is 11.8 Å². The van der Waals surface area contributed by atoms with Crippen molar-refractivity contribution < 1.29 is 18.0 Å². The van der Waals surface area contributed by atoms with Gasteiger partial charge in [-0.15, -0.1) is 0 Å². The van der Waals surface area contributed by atoms with Crippen LogP contribution in [0.3, 0.4) is 0 Å². The maximum atomic E-state index is 14.2. The summed E-state index contributed by atoms with van der Waals surface area (Å²) in [4.78, 5) is 29.1. The van der Waals surface area contributed by atoms with Gasteiger partial charge < -0.3 is 10.2 Å². The minimum Gasteiger partial charge on any atom is -0.352 e. The van der Waals surface area contributed by atoms with Gasteiger partial charge in [0.25, 0.3) is 10.0 Å². The third-order valence-corrected chi connectivity index (χ3v) is 9.95. The fourth-order valence-electron chi connectivity index (χ4n) is 5.33. The number of halogens is 2. The number of anilines is 1. The van der Waals surface area contributed by atoms with Gasteiger partial charge in [0.15, 0.2) is 0 Å². The van der Waals surface area contributed by atoms with Crippen LogP contribution in [0.5, 0.6) is 0 Å². The number of nitrogens with zero attached hydrogens (tertiary/aromatic N) is 2. The van der Waals surface area contributed by atoms with Gasteiger partial charge in [-0.2, -0.15) is 0 Å². The Morgan fingerprint density at radius 3 is 2.19 bits per heavy atom. The molecule has 0 aliphatic heterocycles. The summed E-state index contributed by atoms with van der Waals surface area (Å²) >= 11 is 12.6. The minimum absolute atomic E-state index is 0.000157. The summed E-state index contributed by atoms with van der Waals surface area (Å²) in [6.07, 6.45) is 5.03. The lowest BCUT2D eigenvalue weighted by Gasteiger charge is -2.33. The van der Waals surface area contributed by atoms with Crippen molar-refractivity contribution in [2.24, 2.45) is 0 Å². The molecular weight excluding hydrogens is 593 g/mol. The summed E-state index contributed by atoms with van der Waals surface area (Å²) in [5, 5.41) is 3.90. The molecular formula is C32H37Cl2N3O4S. The maximum Gasteiger partial charge on any atom is 0.264 e. The van der Waals surface area contributed by atoms with Crippen LogP contribution in [-0.2, 0) is 26.2 Å². The second-order valence-electron chi connectivity index (χ2n) is 10.9. The van der Waals surface area contributed by atoms with Crippen LogP contribution in [0.25, 0.3) is 0 Å². The molecule has 1 saturated carbocycles. The van der Waals surface area contributed by atoms with Gasteiger partial charge in [0.05, 0.1) is 10.6 Å². The number of amides is 2. The normalized spacial score (nSPS) is 14.7. The Balaban J connectivity index is 1.71. The third-order valence-electron chi connectivity index (χ3n) is 7.58. The van der Waals surface area contributed by atoms with E-state index < -0.39 is 28.5 Å². The topological polar surface area (TPSA) is 86.8 Å². The predicted octanol–water partition coefficient (Wildman–Crippen LogP) is 6.67. The lowest BCUT2D eigenvalue weighted by Crippen LogP contribution is -2.53. The maximum absolute atomic E-state index is 14.2. The Morgan fingerprint density at radius 1 is 0.929 bits per heavy atom. The molecule has 3 aromatic rings. The molecule has 4 rings (SSSR count). The largest absolute Gasteiger partial charge is 0.352 e. The van der Waals surface area contributed by atoms with E-state index in [1.807, 2.05) is 19.9 Å². The first-order valence-corrected chi connectivity index (χ1v) is 16.3. The van der Waals surface area contributed by atoms with Crippen LogP contribution >= 0.6 is 23.2 Å². The summed E-state index contributed by atoms with van der Waals surface area (Å²) in [6, 6.07) is 17.5. The molecule has 7 nitrogen and oxygen atoms in total. The van der Waals surface area contributed by atoms with Gasteiger partial charge in [-0.1, -0.05) is 72.8 Å². The quantitative estimate of drug-likeness (QED) is 0.271. The number of nitrogens with one attached hydrogen (secondary N) is 1. The van der Waals surface area contributed by atoms with E-state index in [1.165, 1.54) is 17.0 Å². The second kappa shape index (κ2) is 13.9. The van der Waals surface area contributed by atoms with Crippen LogP contribution < -0.4 is 9.62 Å². The fraction of sp³-hybridized carbons (Fsp3) is 0.375. The molecule has 0 unspecified atom stereocenters. The molecule has 42 heavy (non-hydrogen) atoms. The van der Waals surface area contributed by atoms with Crippen molar-refractivity contribution in [1.29, 1.82) is 0 Å². The molecule has 2 amide bonds. The van der Waals surface area contributed by atoms with Gasteiger partial charge in [-0.3, -0.25) is 13.9 Å². The number of carbonyl (C=O) groups is 2. The number of benzene rings is 3. The highest BCUT2D eigenvalue weighted by molar-refractivity contribution is 7.92. The molecule has 1 atom stereocenters. The van der Waals surface area contributed by atoms with Crippen LogP contribution in [0.1, 0.15) is 55.7 Å². The van der Waals surface area contributed by atoms with Crippen LogP contribution in [0.4, 0.5) is 5.69 Å². The predicted molar refractivity (Wildman–Crippen MR) is 168 cm³/mol. The Bertz CT molecular complexity index is 1510. The highest BCUT2D eigenvalue weighted by atomic mass is 35.5. The number of hydrogen-bond donors (Lipinski definition) is 1. The standard InChI is InChI=1S/C32H37Cl2N3O4S/c1-22-16-23(2)18-28(17-22)37(42(40,41)29-12-8-5-9-13-29)21-31(38)36(20-25-14-15-26(33)19-30(25)34)24(3)32(39)35-27-10-6-4-7-11-27/h5,8-9,12-19,24,27H,4,6-7,10-11,20-21H2,1-3H3,(H,35,39)/t24-/m1/s1. The number of carbonyl (C=O) groups excluding carboxylic acids is 2. The second-order valence-corrected chi connectivity index (χ2v) is 13.7. The first-order chi connectivity index (χ1) is 20.0. The van der Waals surface area contributed by atoms with Crippen molar-refractivity contribution in [3.63, 3.8) is 0 Å². The van der Waals surface area contributed by atoms with Crippen molar-refractivity contribution in [2.75, 3.05) is 10.8 Å². The Hall–Kier alpha value is -3.07. The highest BCUT2D eigenvalue weighted by Crippen LogP contribution is 2.28. The summed E-state index contributed by atoms with van der Waals surface area (Å²) in [7, 11) is -4.13. The van der Waals surface area contributed by atoms with Crippen LogP contribution in [0.15, 0.2) is 71.6 Å². The Morgan fingerprint density at radius 2 is 1.57 bits per heavy atom. The smallest absolute Gasteiger partial charge is 0.264 e. The molecule has 0 heterocycles. The molecule has 0 spiro atoms. The third kappa shape index (κ3) is 7.85. The van der Waals surface area contributed by atoms with Gasteiger partial charge >= 0.3 is 0 Å². The molecule has 0 radical (unpaired) electrons. The molecule has 0 bridgehead atoms. The summed E-state index contributed by atoms with van der Waals surface area (Å²) < 4.78 is 29.1. The number of sulfonamides is 1. The molecule has 1 N–H and O–H groups in total. The van der Waals surface area contributed by atoms with Crippen molar-refractivity contribution in [2.45, 2.75) is 76.4 Å². The van der Waals surface area contributed by atoms with Crippen LogP contribution in [0, 0.1) is 13.8 Å². The Kier molecular flexibility index (Phi) is 10.6. The zero-order chi connectivity index (χ0) is 30.4. The van der Waals surface area contributed by atoms with E-state index >= 15 is 0 Å². The van der Waals surface area contributed by atoms with E-state index in [9.17, 15) is 18.0 Å². The minimum atomic E-state index is -4.13. The molecule has 224 valence electrons. The molecule has 0 saturated heterocycles. The van der Waals surface area contributed by atoms with Gasteiger partial charge in [-0.25, -0.2) is 8.42 Å². The summed E-state index contributed by atoms with van der Waals surface area (Å²) in [5.41, 5.74) is 2.68. The lowest BCUT2D eigenvalue weighted by molar-refractivity contribution is -0.139. The summed E-state index contributed by atoms with van der Waals surface area (Å²) in [5.74, 6) is -0.824. The Labute approximate surface area is 258 Å². The monoisotopic (exact) mass is 629 g/mol. The van der Waals surface area contributed by atoms with Gasteiger partial charge in [0, 0.05) is 22.6 Å². The molecule has 0 aromatic heterocycles. The van der Waals surface area contributed by atoms with Gasteiger partial charge in [0.1, 0.15) is 12.6 Å². The molecule has 10 heteroatoms. The van der Waals surface area contributed by atoms with E-state index in [-0.39, 0.29) is 23.4 Å². The van der Waals surface area contributed by atoms with Gasteiger partial charge in [-0.05, 0) is 86.7 Å². The molecule has 3 aromatic carbocycles. The van der Waals surface area contributed by atoms with Crippen LogP contribution in [0.2, 0.25) is 10.0 Å². The van der Waals surface area contributed by atoms with E-state index in [0.717, 1.165) is 47.5 Å². The van der Waals surface area contributed by atoms with Crippen molar-refractivity contribution >= 4 is 50.7 Å². The van der Waals surface area contributed by atoms with E-state index in [4.69, 9.17) is 23.2 Å². The zero-order valence-electron chi connectivity index (χ0n) is 24.1. The zero-order valence-corrected chi connectivity index (χ0v) is 26.5. The summed E-state index contributed by atoms with van der Waals surface area (Å²) in [6.45, 7) is 4.90. The molecule has 1 fully saturated rings. The molecule has 1 aliphatic rings. The SMILES string of the molecule is Cc1cc(C)cc(N(CC(=O)N(Cc2ccc(Cl)cc2Cl)[C@H](C)C(=O)NC2CCCCC2)S(=O)(=O)c2ccccc2)c1. The molecule has 1 aliphatic carbocycles. The first-order valence-electron chi connectivity index (χ1n) is 14.2. The average molecular weight is 631 g/mol. The van der Waals surface area contributed by atoms with E-state index in [1.54, 1.807) is 55.5 Å². The number of rotatable bonds is 10. The van der Waals surface area contributed by atoms with E-state index in [2.05, 4.69) is 5.32 Å². The van der Waals surface area contributed by atoms with Crippen molar-refractivity contribution in [3.8, 4) is 0 Å². The van der Waals surface area contributed by atoms with E-state index in [0.29, 0.717) is 21.3 Å². The van der Waals surface area contributed by atoms with Crippen molar-refractivity contribution in [1.82, 2.24) is 10.2 Å². The number of hydrogen-bond acceptors (Lipinski definition) is 4. The van der Waals surface area contributed by atoms with Crippen molar-refractivity contribution in [3.05, 3.63) is 93.5 Å². The fourth-order valence-corrected chi connectivity index (χ4v) is 7.21. The van der Waals surface area contributed by atoms with Crippen LogP contribution in [-0.4, -0.2) is 43.8 Å². The first kappa shape index (κ1) is 31.9. The lowest BCUT2D eigenvalue weighted by atomic mass is 9.95. The number of aryl methyl sites for hydroxylation is 2. The highest BCUT2D eigenvalue weighted by Gasteiger charge is 2.33.